The van der Waals surface area contributed by atoms with Crippen LogP contribution in [0.15, 0.2) is 30.3 Å². The lowest BCUT2D eigenvalue weighted by atomic mass is 10.1. The Hall–Kier alpha value is -1.59. The van der Waals surface area contributed by atoms with E-state index in [0.717, 1.165) is 38.4 Å². The summed E-state index contributed by atoms with van der Waals surface area (Å²) in [5.41, 5.74) is 0.587. The Morgan fingerprint density at radius 2 is 1.91 bits per heavy atom. The first kappa shape index (κ1) is 16.8. The van der Waals surface area contributed by atoms with Gasteiger partial charge in [0.2, 0.25) is 0 Å². The van der Waals surface area contributed by atoms with E-state index in [-0.39, 0.29) is 12.1 Å². The fraction of sp³-hybridized carbons (Fsp3) is 0.588. The minimum absolute atomic E-state index is 0.0888. The number of alkyl carbamates (subject to hydrolysis) is 1. The highest BCUT2D eigenvalue weighted by atomic mass is 16.6. The summed E-state index contributed by atoms with van der Waals surface area (Å²) in [5, 5.41) is 2.99. The van der Waals surface area contributed by atoms with Crippen LogP contribution in [0, 0.1) is 0 Å². The lowest BCUT2D eigenvalue weighted by Crippen LogP contribution is -2.44. The summed E-state index contributed by atoms with van der Waals surface area (Å²) < 4.78 is 10.8. The van der Waals surface area contributed by atoms with Gasteiger partial charge in [-0.1, -0.05) is 30.3 Å². The molecule has 1 aliphatic rings. The SMILES string of the molecule is CC(C)(C)OC(=O)N[C@H](CN1CCOCC1)c1ccccc1. The van der Waals surface area contributed by atoms with Crippen LogP contribution in [0.5, 0.6) is 0 Å². The molecular weight excluding hydrogens is 280 g/mol. The summed E-state index contributed by atoms with van der Waals surface area (Å²) in [7, 11) is 0. The van der Waals surface area contributed by atoms with E-state index < -0.39 is 5.60 Å². The van der Waals surface area contributed by atoms with E-state index in [2.05, 4.69) is 10.2 Å². The summed E-state index contributed by atoms with van der Waals surface area (Å²) in [4.78, 5) is 14.4. The van der Waals surface area contributed by atoms with Crippen LogP contribution in [-0.4, -0.2) is 49.4 Å². The molecule has 122 valence electrons. The highest BCUT2D eigenvalue weighted by molar-refractivity contribution is 5.68. The van der Waals surface area contributed by atoms with E-state index >= 15 is 0 Å². The Morgan fingerprint density at radius 1 is 1.27 bits per heavy atom. The summed E-state index contributed by atoms with van der Waals surface area (Å²) in [6, 6.07) is 9.92. The second-order valence-electron chi connectivity index (χ2n) is 6.52. The zero-order valence-corrected chi connectivity index (χ0v) is 13.7. The van der Waals surface area contributed by atoms with Crippen molar-refractivity contribution in [3.8, 4) is 0 Å². The molecule has 5 heteroatoms. The first-order valence-corrected chi connectivity index (χ1v) is 7.78. The molecule has 1 aliphatic heterocycles. The Bertz CT molecular complexity index is 465. The number of rotatable bonds is 4. The van der Waals surface area contributed by atoms with Crippen LogP contribution in [0.25, 0.3) is 0 Å². The third kappa shape index (κ3) is 5.66. The first-order valence-electron chi connectivity index (χ1n) is 7.78. The molecule has 0 aromatic heterocycles. The monoisotopic (exact) mass is 306 g/mol. The lowest BCUT2D eigenvalue weighted by Gasteiger charge is -2.31. The number of amides is 1. The summed E-state index contributed by atoms with van der Waals surface area (Å²) in [5.74, 6) is 0. The Kier molecular flexibility index (Phi) is 5.80. The molecule has 0 bridgehead atoms. The van der Waals surface area contributed by atoms with E-state index in [0.29, 0.717) is 0 Å². The average molecular weight is 306 g/mol. The maximum absolute atomic E-state index is 12.1. The maximum atomic E-state index is 12.1. The number of ether oxygens (including phenoxy) is 2. The van der Waals surface area contributed by atoms with Crippen molar-refractivity contribution in [2.45, 2.75) is 32.4 Å². The molecule has 1 aromatic carbocycles. The number of hydrogen-bond acceptors (Lipinski definition) is 4. The molecule has 0 unspecified atom stereocenters. The molecule has 0 saturated carbocycles. The molecule has 0 radical (unpaired) electrons. The molecule has 2 rings (SSSR count). The molecule has 22 heavy (non-hydrogen) atoms. The number of nitrogens with zero attached hydrogens (tertiary/aromatic N) is 1. The molecule has 0 aliphatic carbocycles. The van der Waals surface area contributed by atoms with Gasteiger partial charge in [-0.15, -0.1) is 0 Å². The van der Waals surface area contributed by atoms with Gasteiger partial charge in [0.15, 0.2) is 0 Å². The fourth-order valence-electron chi connectivity index (χ4n) is 2.41. The smallest absolute Gasteiger partial charge is 0.408 e. The van der Waals surface area contributed by atoms with Gasteiger partial charge in [-0.25, -0.2) is 4.79 Å². The standard InChI is InChI=1S/C17H26N2O3/c1-17(2,3)22-16(20)18-15(14-7-5-4-6-8-14)13-19-9-11-21-12-10-19/h4-8,15H,9-13H2,1-3H3,(H,18,20)/t15-/m1/s1. The minimum atomic E-state index is -0.496. The number of hydrogen-bond donors (Lipinski definition) is 1. The van der Waals surface area contributed by atoms with Gasteiger partial charge in [-0.2, -0.15) is 0 Å². The summed E-state index contributed by atoms with van der Waals surface area (Å²) >= 11 is 0. The van der Waals surface area contributed by atoms with E-state index in [1.807, 2.05) is 51.1 Å². The van der Waals surface area contributed by atoms with E-state index in [1.165, 1.54) is 0 Å². The number of carbonyl (C=O) groups excluding carboxylic acids is 1. The van der Waals surface area contributed by atoms with Gasteiger partial charge >= 0.3 is 6.09 Å². The summed E-state index contributed by atoms with van der Waals surface area (Å²) in [6.07, 6.45) is -0.380. The average Bonchev–Trinajstić information content (AvgIpc) is 2.47. The first-order chi connectivity index (χ1) is 10.4. The zero-order valence-electron chi connectivity index (χ0n) is 13.7. The number of nitrogens with one attached hydrogen (secondary N) is 1. The van der Waals surface area contributed by atoms with Crippen LogP contribution >= 0.6 is 0 Å². The molecule has 1 aromatic rings. The second kappa shape index (κ2) is 7.61. The summed E-state index contributed by atoms with van der Waals surface area (Å²) in [6.45, 7) is 9.62. The van der Waals surface area contributed by atoms with Crippen molar-refractivity contribution in [2.75, 3.05) is 32.8 Å². The van der Waals surface area contributed by atoms with Crippen molar-refractivity contribution >= 4 is 6.09 Å². The van der Waals surface area contributed by atoms with Crippen molar-refractivity contribution in [1.29, 1.82) is 0 Å². The fourth-order valence-corrected chi connectivity index (χ4v) is 2.41. The highest BCUT2D eigenvalue weighted by Gasteiger charge is 2.23. The van der Waals surface area contributed by atoms with Crippen LogP contribution in [0.3, 0.4) is 0 Å². The molecule has 1 fully saturated rings. The predicted molar refractivity (Wildman–Crippen MR) is 85.8 cm³/mol. The van der Waals surface area contributed by atoms with Gasteiger partial charge in [-0.3, -0.25) is 4.90 Å². The minimum Gasteiger partial charge on any atom is -0.444 e. The topological polar surface area (TPSA) is 50.8 Å². The molecule has 1 amide bonds. The quantitative estimate of drug-likeness (QED) is 0.929. The zero-order chi connectivity index (χ0) is 16.0. The molecule has 5 nitrogen and oxygen atoms in total. The Labute approximate surface area is 132 Å². The second-order valence-corrected chi connectivity index (χ2v) is 6.52. The lowest BCUT2D eigenvalue weighted by molar-refractivity contribution is 0.0288. The van der Waals surface area contributed by atoms with Crippen molar-refractivity contribution < 1.29 is 14.3 Å². The van der Waals surface area contributed by atoms with Crippen molar-refractivity contribution in [3.05, 3.63) is 35.9 Å². The Balaban J connectivity index is 2.03. The van der Waals surface area contributed by atoms with Gasteiger partial charge in [0.25, 0.3) is 0 Å². The van der Waals surface area contributed by atoms with Gasteiger partial charge in [0.1, 0.15) is 5.60 Å². The third-order valence-electron chi connectivity index (χ3n) is 3.44. The molecule has 1 atom stereocenters. The number of carbonyl (C=O) groups is 1. The van der Waals surface area contributed by atoms with E-state index in [1.54, 1.807) is 0 Å². The van der Waals surface area contributed by atoms with Crippen molar-refractivity contribution in [3.63, 3.8) is 0 Å². The molecule has 0 spiro atoms. The number of benzene rings is 1. The van der Waals surface area contributed by atoms with Crippen LogP contribution < -0.4 is 5.32 Å². The van der Waals surface area contributed by atoms with Crippen LogP contribution in [0.4, 0.5) is 4.79 Å². The van der Waals surface area contributed by atoms with Crippen LogP contribution in [0.2, 0.25) is 0 Å². The third-order valence-corrected chi connectivity index (χ3v) is 3.44. The largest absolute Gasteiger partial charge is 0.444 e. The van der Waals surface area contributed by atoms with Crippen LogP contribution in [-0.2, 0) is 9.47 Å². The van der Waals surface area contributed by atoms with Crippen LogP contribution in [0.1, 0.15) is 32.4 Å². The molecule has 1 N–H and O–H groups in total. The molecule has 1 heterocycles. The van der Waals surface area contributed by atoms with E-state index in [4.69, 9.17) is 9.47 Å². The predicted octanol–water partition coefficient (Wildman–Crippen LogP) is 2.58. The van der Waals surface area contributed by atoms with Gasteiger partial charge in [0.05, 0.1) is 19.3 Å². The van der Waals surface area contributed by atoms with Crippen molar-refractivity contribution in [2.24, 2.45) is 0 Å². The van der Waals surface area contributed by atoms with E-state index in [9.17, 15) is 4.79 Å². The number of morpholine rings is 1. The normalized spacial score (nSPS) is 17.8. The molecular formula is C17H26N2O3. The van der Waals surface area contributed by atoms with Gasteiger partial charge in [0, 0.05) is 19.6 Å². The highest BCUT2D eigenvalue weighted by Crippen LogP contribution is 2.16. The van der Waals surface area contributed by atoms with Gasteiger partial charge < -0.3 is 14.8 Å². The van der Waals surface area contributed by atoms with Crippen molar-refractivity contribution in [1.82, 2.24) is 10.2 Å². The molecule has 1 saturated heterocycles. The Morgan fingerprint density at radius 3 is 2.50 bits per heavy atom. The van der Waals surface area contributed by atoms with Gasteiger partial charge in [-0.05, 0) is 26.3 Å². The maximum Gasteiger partial charge on any atom is 0.408 e.